The van der Waals surface area contributed by atoms with Gasteiger partial charge in [-0.2, -0.15) is 13.4 Å². The van der Waals surface area contributed by atoms with E-state index in [-0.39, 0.29) is 10.8 Å². The molecule has 30 heavy (non-hydrogen) atoms. The van der Waals surface area contributed by atoms with E-state index in [4.69, 9.17) is 4.74 Å². The van der Waals surface area contributed by atoms with Gasteiger partial charge in [-0.05, 0) is 37.3 Å². The number of thiazole rings is 1. The van der Waals surface area contributed by atoms with E-state index in [0.29, 0.717) is 23.9 Å². The summed E-state index contributed by atoms with van der Waals surface area (Å²) in [5, 5.41) is 4.27. The number of hydrogen-bond donors (Lipinski definition) is 0. The highest BCUT2D eigenvalue weighted by Gasteiger charge is 2.34. The second-order valence-electron chi connectivity index (χ2n) is 6.53. The van der Waals surface area contributed by atoms with Crippen LogP contribution in [0.15, 0.2) is 51.7 Å². The van der Waals surface area contributed by atoms with Gasteiger partial charge in [0.25, 0.3) is 10.0 Å². The van der Waals surface area contributed by atoms with Gasteiger partial charge in [0.05, 0.1) is 28.3 Å². The van der Waals surface area contributed by atoms with Crippen LogP contribution in [0.4, 0.5) is 11.6 Å². The number of para-hydroxylation sites is 1. The lowest BCUT2D eigenvalue weighted by Gasteiger charge is -2.25. The van der Waals surface area contributed by atoms with Crippen LogP contribution in [-0.2, 0) is 15.8 Å². The van der Waals surface area contributed by atoms with Crippen molar-refractivity contribution in [3.63, 3.8) is 0 Å². The van der Waals surface area contributed by atoms with E-state index in [0.717, 1.165) is 24.4 Å². The molecule has 0 atom stereocenters. The highest BCUT2D eigenvalue weighted by Crippen LogP contribution is 2.37. The van der Waals surface area contributed by atoms with Crippen molar-refractivity contribution in [2.45, 2.75) is 21.9 Å². The predicted molar refractivity (Wildman–Crippen MR) is 117 cm³/mol. The van der Waals surface area contributed by atoms with Crippen LogP contribution in [-0.4, -0.2) is 41.2 Å². The maximum atomic E-state index is 12.9. The summed E-state index contributed by atoms with van der Waals surface area (Å²) in [5.74, 6) is 1.96. The lowest BCUT2D eigenvalue weighted by molar-refractivity contribution is 0.341. The molecule has 0 fully saturated rings. The Labute approximate surface area is 181 Å². The van der Waals surface area contributed by atoms with Gasteiger partial charge in [-0.1, -0.05) is 23.9 Å². The molecule has 4 aromatic rings. The minimum atomic E-state index is -3.76. The molecule has 0 unspecified atom stereocenters. The van der Waals surface area contributed by atoms with Crippen LogP contribution in [0.2, 0.25) is 0 Å². The number of anilines is 2. The first-order valence-electron chi connectivity index (χ1n) is 9.18. The van der Waals surface area contributed by atoms with E-state index in [9.17, 15) is 8.42 Å². The van der Waals surface area contributed by atoms with Crippen LogP contribution in [0.5, 0.6) is 5.75 Å². The highest BCUT2D eigenvalue weighted by molar-refractivity contribution is 8.00. The fourth-order valence-corrected chi connectivity index (χ4v) is 6.67. The molecule has 1 aliphatic heterocycles. The highest BCUT2D eigenvalue weighted by atomic mass is 32.2. The van der Waals surface area contributed by atoms with Crippen molar-refractivity contribution in [1.29, 1.82) is 0 Å². The summed E-state index contributed by atoms with van der Waals surface area (Å²) < 4.78 is 34.3. The van der Waals surface area contributed by atoms with Crippen molar-refractivity contribution >= 4 is 55.0 Å². The Hall–Kier alpha value is -2.63. The molecular formula is C19H17N5O3S3. The first-order valence-corrected chi connectivity index (χ1v) is 12.4. The maximum Gasteiger partial charge on any atom is 0.288 e. The standard InChI is InChI=1S/C19H17N5O3S3/c1-3-27-12-8-9-13-15(10-12)29-19(20-13)28-11-17-21-18-23(2)14-6-4-5-7-16(14)30(25,26)24(18)22-17/h4-10H,3,11H2,1-2H3. The number of nitrogens with zero attached hydrogens (tertiary/aromatic N) is 5. The van der Waals surface area contributed by atoms with Crippen molar-refractivity contribution < 1.29 is 13.2 Å². The summed E-state index contributed by atoms with van der Waals surface area (Å²) in [6, 6.07) is 12.7. The molecule has 0 saturated heterocycles. The van der Waals surface area contributed by atoms with E-state index in [1.807, 2.05) is 25.1 Å². The lowest BCUT2D eigenvalue weighted by atomic mass is 10.3. The smallest absolute Gasteiger partial charge is 0.288 e. The van der Waals surface area contributed by atoms with Crippen LogP contribution in [0, 0.1) is 0 Å². The summed E-state index contributed by atoms with van der Waals surface area (Å²) in [6.07, 6.45) is 0. The zero-order valence-corrected chi connectivity index (χ0v) is 18.6. The maximum absolute atomic E-state index is 12.9. The van der Waals surface area contributed by atoms with Gasteiger partial charge in [0, 0.05) is 7.05 Å². The molecule has 3 heterocycles. The Morgan fingerprint density at radius 2 is 2.00 bits per heavy atom. The number of benzene rings is 2. The van der Waals surface area contributed by atoms with Gasteiger partial charge >= 0.3 is 0 Å². The zero-order valence-electron chi connectivity index (χ0n) is 16.1. The Bertz CT molecular complexity index is 1360. The number of hydrogen-bond acceptors (Lipinski definition) is 9. The van der Waals surface area contributed by atoms with Crippen molar-refractivity contribution in [1.82, 2.24) is 19.2 Å². The fourth-order valence-electron chi connectivity index (χ4n) is 3.24. The van der Waals surface area contributed by atoms with E-state index < -0.39 is 10.0 Å². The van der Waals surface area contributed by atoms with Crippen LogP contribution < -0.4 is 9.64 Å². The van der Waals surface area contributed by atoms with Gasteiger partial charge in [-0.3, -0.25) is 0 Å². The van der Waals surface area contributed by atoms with Crippen LogP contribution in [0.3, 0.4) is 0 Å². The van der Waals surface area contributed by atoms with Crippen molar-refractivity contribution in [3.8, 4) is 5.75 Å². The Balaban J connectivity index is 1.41. The molecule has 0 N–H and O–H groups in total. The van der Waals surface area contributed by atoms with Crippen molar-refractivity contribution in [2.24, 2.45) is 0 Å². The molecule has 2 aromatic heterocycles. The lowest BCUT2D eigenvalue weighted by Crippen LogP contribution is -2.28. The van der Waals surface area contributed by atoms with Gasteiger partial charge in [0.1, 0.15) is 10.6 Å². The summed E-state index contributed by atoms with van der Waals surface area (Å²) in [7, 11) is -1.98. The Morgan fingerprint density at radius 3 is 2.83 bits per heavy atom. The number of rotatable bonds is 5. The summed E-state index contributed by atoms with van der Waals surface area (Å²) >= 11 is 3.04. The van der Waals surface area contributed by atoms with E-state index in [1.165, 1.54) is 11.8 Å². The van der Waals surface area contributed by atoms with Crippen molar-refractivity contribution in [3.05, 3.63) is 48.3 Å². The Morgan fingerprint density at radius 1 is 1.17 bits per heavy atom. The van der Waals surface area contributed by atoms with E-state index in [2.05, 4.69) is 15.1 Å². The third-order valence-corrected chi connectivity index (χ3v) is 8.37. The van der Waals surface area contributed by atoms with E-state index in [1.54, 1.807) is 47.5 Å². The summed E-state index contributed by atoms with van der Waals surface area (Å²) in [5.41, 5.74) is 1.49. The van der Waals surface area contributed by atoms with Crippen LogP contribution in [0.25, 0.3) is 10.2 Å². The van der Waals surface area contributed by atoms with Gasteiger partial charge in [-0.25, -0.2) is 4.98 Å². The Kier molecular flexibility index (Phi) is 4.68. The van der Waals surface area contributed by atoms with Gasteiger partial charge in [0.15, 0.2) is 10.2 Å². The quantitative estimate of drug-likeness (QED) is 0.415. The molecule has 11 heteroatoms. The first kappa shape index (κ1) is 19.3. The molecule has 0 saturated carbocycles. The molecule has 0 spiro atoms. The third kappa shape index (κ3) is 3.13. The second kappa shape index (κ2) is 7.25. The minimum absolute atomic E-state index is 0.223. The minimum Gasteiger partial charge on any atom is -0.494 e. The second-order valence-corrected chi connectivity index (χ2v) is 10.5. The first-order chi connectivity index (χ1) is 14.5. The molecule has 0 amide bonds. The molecule has 0 aliphatic carbocycles. The monoisotopic (exact) mass is 459 g/mol. The topological polar surface area (TPSA) is 90.2 Å². The molecule has 1 aliphatic rings. The number of fused-ring (bicyclic) bond motifs is 3. The largest absolute Gasteiger partial charge is 0.494 e. The normalized spacial score (nSPS) is 14.5. The van der Waals surface area contributed by atoms with Crippen LogP contribution >= 0.6 is 23.1 Å². The molecular weight excluding hydrogens is 442 g/mol. The van der Waals surface area contributed by atoms with E-state index >= 15 is 0 Å². The van der Waals surface area contributed by atoms with Gasteiger partial charge in [-0.15, -0.1) is 20.5 Å². The van der Waals surface area contributed by atoms with Crippen molar-refractivity contribution in [2.75, 3.05) is 18.6 Å². The molecule has 0 bridgehead atoms. The fraction of sp³-hybridized carbons (Fsp3) is 0.211. The molecule has 2 aromatic carbocycles. The zero-order chi connectivity index (χ0) is 20.9. The SMILES string of the molecule is CCOc1ccc2nc(SCc3nc4n(n3)S(=O)(=O)c3ccccc3N4C)sc2c1. The average Bonchev–Trinajstić information content (AvgIpc) is 3.35. The molecule has 0 radical (unpaired) electrons. The third-order valence-electron chi connectivity index (χ3n) is 4.61. The van der Waals surface area contributed by atoms with Gasteiger partial charge < -0.3 is 9.64 Å². The molecule has 8 nitrogen and oxygen atoms in total. The van der Waals surface area contributed by atoms with Gasteiger partial charge in [0.2, 0.25) is 5.95 Å². The number of thioether (sulfide) groups is 1. The summed E-state index contributed by atoms with van der Waals surface area (Å²) in [4.78, 5) is 11.1. The predicted octanol–water partition coefficient (Wildman–Crippen LogP) is 3.90. The molecule has 5 rings (SSSR count). The summed E-state index contributed by atoms with van der Waals surface area (Å²) in [6.45, 7) is 2.57. The average molecular weight is 460 g/mol. The molecule has 154 valence electrons. The number of ether oxygens (including phenoxy) is 1. The van der Waals surface area contributed by atoms with Crippen LogP contribution in [0.1, 0.15) is 12.7 Å². The number of aromatic nitrogens is 4.